The fraction of sp³-hybridized carbons (Fsp3) is 0.933. The fourth-order valence-corrected chi connectivity index (χ4v) is 3.54. The molecule has 20 heavy (non-hydrogen) atoms. The van der Waals surface area contributed by atoms with Gasteiger partial charge in [-0.05, 0) is 58.9 Å². The lowest BCUT2D eigenvalue weighted by atomic mass is 9.97. The summed E-state index contributed by atoms with van der Waals surface area (Å²) in [6, 6.07) is 1.17. The van der Waals surface area contributed by atoms with Crippen LogP contribution in [0, 0.1) is 5.92 Å². The Hall–Kier alpha value is -0.320. The Kier molecular flexibility index (Phi) is 6.76. The van der Waals surface area contributed by atoms with Gasteiger partial charge in [0.2, 0.25) is 5.91 Å². The van der Waals surface area contributed by atoms with Crippen molar-refractivity contribution in [3.8, 4) is 0 Å². The van der Waals surface area contributed by atoms with Crippen molar-refractivity contribution in [2.75, 3.05) is 20.1 Å². The van der Waals surface area contributed by atoms with Gasteiger partial charge in [-0.15, -0.1) is 12.4 Å². The summed E-state index contributed by atoms with van der Waals surface area (Å²) in [6.45, 7) is 5.54. The zero-order valence-electron chi connectivity index (χ0n) is 13.0. The van der Waals surface area contributed by atoms with Crippen LogP contribution >= 0.6 is 12.4 Å². The molecule has 1 amide bonds. The second kappa shape index (κ2) is 7.62. The van der Waals surface area contributed by atoms with Crippen molar-refractivity contribution in [1.82, 2.24) is 9.80 Å². The van der Waals surface area contributed by atoms with Crippen molar-refractivity contribution in [2.45, 2.75) is 64.1 Å². The van der Waals surface area contributed by atoms with E-state index in [1.165, 1.54) is 19.3 Å². The third-order valence-corrected chi connectivity index (χ3v) is 4.84. The highest BCUT2D eigenvalue weighted by Gasteiger charge is 2.35. The first kappa shape index (κ1) is 17.7. The summed E-state index contributed by atoms with van der Waals surface area (Å²) >= 11 is 0. The van der Waals surface area contributed by atoms with E-state index in [1.807, 2.05) is 7.05 Å². The van der Waals surface area contributed by atoms with Crippen LogP contribution in [-0.2, 0) is 4.79 Å². The zero-order chi connectivity index (χ0) is 14.0. The SMILES string of the molecule is CC1CCCC(C)N1C(=O)CN(C)C(CN)C1CC1.Cl. The standard InChI is InChI=1S/C15H29N3O.ClH/c1-11-5-4-6-12(2)18(11)15(19)10-17(3)14(9-16)13-7-8-13;/h11-14H,4-10,16H2,1-3H3;1H. The molecule has 0 aromatic rings. The van der Waals surface area contributed by atoms with Gasteiger partial charge in [-0.1, -0.05) is 0 Å². The van der Waals surface area contributed by atoms with E-state index in [9.17, 15) is 4.79 Å². The Bertz CT molecular complexity index is 312. The highest BCUT2D eigenvalue weighted by molar-refractivity contribution is 5.85. The quantitative estimate of drug-likeness (QED) is 0.843. The number of halogens is 1. The number of carbonyl (C=O) groups is 1. The van der Waals surface area contributed by atoms with Gasteiger partial charge in [-0.3, -0.25) is 9.69 Å². The summed E-state index contributed by atoms with van der Waals surface area (Å²) in [5, 5.41) is 0. The minimum atomic E-state index is 0. The lowest BCUT2D eigenvalue weighted by Crippen LogP contribution is -2.52. The van der Waals surface area contributed by atoms with Crippen LogP contribution < -0.4 is 5.73 Å². The number of rotatable bonds is 5. The second-order valence-corrected chi connectivity index (χ2v) is 6.49. The van der Waals surface area contributed by atoms with Crippen molar-refractivity contribution in [1.29, 1.82) is 0 Å². The highest BCUT2D eigenvalue weighted by Crippen LogP contribution is 2.34. The maximum atomic E-state index is 12.5. The van der Waals surface area contributed by atoms with Gasteiger partial charge in [0, 0.05) is 24.7 Å². The van der Waals surface area contributed by atoms with Crippen LogP contribution in [0.5, 0.6) is 0 Å². The van der Waals surface area contributed by atoms with E-state index in [1.54, 1.807) is 0 Å². The number of likely N-dealkylation sites (tertiary alicyclic amines) is 1. The van der Waals surface area contributed by atoms with Crippen LogP contribution in [0.15, 0.2) is 0 Å². The number of nitrogens with zero attached hydrogens (tertiary/aromatic N) is 2. The highest BCUT2D eigenvalue weighted by atomic mass is 35.5. The number of hydrogen-bond donors (Lipinski definition) is 1. The van der Waals surface area contributed by atoms with Crippen LogP contribution in [0.4, 0.5) is 0 Å². The van der Waals surface area contributed by atoms with E-state index >= 15 is 0 Å². The molecule has 1 saturated carbocycles. The molecule has 0 aromatic carbocycles. The van der Waals surface area contributed by atoms with Crippen molar-refractivity contribution < 1.29 is 4.79 Å². The first-order valence-corrected chi connectivity index (χ1v) is 7.76. The molecule has 1 aliphatic carbocycles. The summed E-state index contributed by atoms with van der Waals surface area (Å²) < 4.78 is 0. The summed E-state index contributed by atoms with van der Waals surface area (Å²) in [5.74, 6) is 1.00. The van der Waals surface area contributed by atoms with E-state index in [0.717, 1.165) is 18.8 Å². The molecular weight excluding hydrogens is 274 g/mol. The topological polar surface area (TPSA) is 49.6 Å². The second-order valence-electron chi connectivity index (χ2n) is 6.49. The predicted octanol–water partition coefficient (Wildman–Crippen LogP) is 1.87. The minimum Gasteiger partial charge on any atom is -0.336 e. The molecule has 3 unspecified atom stereocenters. The van der Waals surface area contributed by atoms with E-state index in [2.05, 4.69) is 23.6 Å². The maximum absolute atomic E-state index is 12.5. The van der Waals surface area contributed by atoms with E-state index in [-0.39, 0.29) is 18.3 Å². The van der Waals surface area contributed by atoms with Gasteiger partial charge in [0.25, 0.3) is 0 Å². The molecule has 1 aliphatic heterocycles. The molecule has 0 spiro atoms. The number of amides is 1. The van der Waals surface area contributed by atoms with Gasteiger partial charge in [0.15, 0.2) is 0 Å². The normalized spacial score (nSPS) is 28.1. The smallest absolute Gasteiger partial charge is 0.237 e. The molecule has 2 N–H and O–H groups in total. The van der Waals surface area contributed by atoms with E-state index in [0.29, 0.717) is 31.2 Å². The molecule has 2 fully saturated rings. The number of likely N-dealkylation sites (N-methyl/N-ethyl adjacent to an activating group) is 1. The summed E-state index contributed by atoms with van der Waals surface area (Å²) in [7, 11) is 2.05. The molecular formula is C15H30ClN3O. The molecule has 0 aromatic heterocycles. The first-order chi connectivity index (χ1) is 9.04. The van der Waals surface area contributed by atoms with Gasteiger partial charge in [0.05, 0.1) is 6.54 Å². The maximum Gasteiger partial charge on any atom is 0.237 e. The Morgan fingerprint density at radius 1 is 1.25 bits per heavy atom. The molecule has 3 atom stereocenters. The van der Waals surface area contributed by atoms with E-state index < -0.39 is 0 Å². The predicted molar refractivity (Wildman–Crippen MR) is 85.1 cm³/mol. The lowest BCUT2D eigenvalue weighted by Gasteiger charge is -2.40. The first-order valence-electron chi connectivity index (χ1n) is 7.76. The van der Waals surface area contributed by atoms with Gasteiger partial charge < -0.3 is 10.6 Å². The molecule has 1 saturated heterocycles. The lowest BCUT2D eigenvalue weighted by molar-refractivity contribution is -0.138. The van der Waals surface area contributed by atoms with Crippen molar-refractivity contribution in [3.05, 3.63) is 0 Å². The van der Waals surface area contributed by atoms with Crippen LogP contribution in [-0.4, -0.2) is 54.0 Å². The largest absolute Gasteiger partial charge is 0.336 e. The summed E-state index contributed by atoms with van der Waals surface area (Å²) in [4.78, 5) is 16.8. The number of hydrogen-bond acceptors (Lipinski definition) is 3. The molecule has 5 heteroatoms. The monoisotopic (exact) mass is 303 g/mol. The van der Waals surface area contributed by atoms with Gasteiger partial charge in [-0.2, -0.15) is 0 Å². The van der Waals surface area contributed by atoms with Gasteiger partial charge in [0.1, 0.15) is 0 Å². The van der Waals surface area contributed by atoms with Gasteiger partial charge in [-0.25, -0.2) is 0 Å². The molecule has 1 heterocycles. The third-order valence-electron chi connectivity index (χ3n) is 4.84. The van der Waals surface area contributed by atoms with E-state index in [4.69, 9.17) is 5.73 Å². The number of piperidine rings is 1. The van der Waals surface area contributed by atoms with Crippen molar-refractivity contribution in [2.24, 2.45) is 11.7 Å². The zero-order valence-corrected chi connectivity index (χ0v) is 13.9. The molecule has 0 radical (unpaired) electrons. The number of carbonyl (C=O) groups excluding carboxylic acids is 1. The molecule has 0 bridgehead atoms. The van der Waals surface area contributed by atoms with Crippen LogP contribution in [0.3, 0.4) is 0 Å². The average Bonchev–Trinajstić information content (AvgIpc) is 3.14. The molecule has 2 aliphatic rings. The summed E-state index contributed by atoms with van der Waals surface area (Å²) in [5.41, 5.74) is 5.86. The Balaban J connectivity index is 0.00000200. The van der Waals surface area contributed by atoms with Crippen LogP contribution in [0.25, 0.3) is 0 Å². The van der Waals surface area contributed by atoms with Crippen molar-refractivity contribution >= 4 is 18.3 Å². The Morgan fingerprint density at radius 3 is 2.25 bits per heavy atom. The summed E-state index contributed by atoms with van der Waals surface area (Å²) in [6.07, 6.45) is 6.08. The van der Waals surface area contributed by atoms with Gasteiger partial charge >= 0.3 is 0 Å². The Morgan fingerprint density at radius 2 is 1.80 bits per heavy atom. The number of nitrogens with two attached hydrogens (primary N) is 1. The minimum absolute atomic E-state index is 0. The Labute approximate surface area is 129 Å². The average molecular weight is 304 g/mol. The van der Waals surface area contributed by atoms with Crippen molar-refractivity contribution in [3.63, 3.8) is 0 Å². The van der Waals surface area contributed by atoms with Crippen LogP contribution in [0.2, 0.25) is 0 Å². The van der Waals surface area contributed by atoms with Crippen LogP contribution in [0.1, 0.15) is 46.0 Å². The fourth-order valence-electron chi connectivity index (χ4n) is 3.54. The molecule has 4 nitrogen and oxygen atoms in total. The third kappa shape index (κ3) is 4.09. The molecule has 2 rings (SSSR count). The molecule has 118 valence electrons.